The van der Waals surface area contributed by atoms with Gasteiger partial charge in [0.05, 0.1) is 12.2 Å². The molecule has 144 valence electrons. The zero-order chi connectivity index (χ0) is 18.4. The quantitative estimate of drug-likeness (QED) is 0.351. The number of rotatable bonds is 6. The number of halogens is 2. The van der Waals surface area contributed by atoms with Gasteiger partial charge in [0, 0.05) is 50.5 Å². The number of benzene rings is 1. The highest BCUT2D eigenvalue weighted by Gasteiger charge is 2.17. The molecular weight excluding hydrogens is 507 g/mol. The van der Waals surface area contributed by atoms with Gasteiger partial charge >= 0.3 is 0 Å². The Kier molecular flexibility index (Phi) is 9.59. The van der Waals surface area contributed by atoms with Gasteiger partial charge in [-0.05, 0) is 31.8 Å². The summed E-state index contributed by atoms with van der Waals surface area (Å²) in [7, 11) is 9.96. The highest BCUT2D eigenvalue weighted by Crippen LogP contribution is 2.16. The predicted molar refractivity (Wildman–Crippen MR) is 122 cm³/mol. The molecule has 0 saturated heterocycles. The Hall–Kier alpha value is -1.13. The highest BCUT2D eigenvalue weighted by atomic mass is 127. The minimum absolute atomic E-state index is 0. The summed E-state index contributed by atoms with van der Waals surface area (Å²) in [5, 5.41) is 7.76. The molecule has 8 heteroatoms. The first-order valence-electron chi connectivity index (χ1n) is 8.22. The third-order valence-electron chi connectivity index (χ3n) is 4.09. The normalized spacial score (nSPS) is 12.7. The minimum atomic E-state index is 0. The monoisotopic (exact) mass is 534 g/mol. The van der Waals surface area contributed by atoms with Gasteiger partial charge in [-0.2, -0.15) is 5.10 Å². The molecule has 1 N–H and O–H groups in total. The van der Waals surface area contributed by atoms with Crippen LogP contribution in [0.25, 0.3) is 0 Å². The number of nitrogens with zero attached hydrogens (tertiary/aromatic N) is 5. The van der Waals surface area contributed by atoms with Gasteiger partial charge in [-0.25, -0.2) is 0 Å². The standard InChI is InChI=1S/C18H27BrN6.HI/c1-20-18(24(4)12-14-6-8-16(19)9-7-14)21-11-17(23(2)3)15-10-22-25(5)13-15;/h6-10,13,17H,11-12H2,1-5H3,(H,20,21);1H. The molecule has 1 aromatic carbocycles. The van der Waals surface area contributed by atoms with Crippen molar-refractivity contribution in [3.63, 3.8) is 0 Å². The van der Waals surface area contributed by atoms with E-state index < -0.39 is 0 Å². The van der Waals surface area contributed by atoms with E-state index in [9.17, 15) is 0 Å². The van der Waals surface area contributed by atoms with Crippen molar-refractivity contribution < 1.29 is 0 Å². The lowest BCUT2D eigenvalue weighted by molar-refractivity contribution is 0.295. The Morgan fingerprint density at radius 1 is 1.27 bits per heavy atom. The molecule has 1 aromatic heterocycles. The van der Waals surface area contributed by atoms with E-state index in [1.165, 1.54) is 11.1 Å². The molecule has 6 nitrogen and oxygen atoms in total. The van der Waals surface area contributed by atoms with Crippen LogP contribution in [-0.4, -0.2) is 60.3 Å². The summed E-state index contributed by atoms with van der Waals surface area (Å²) in [5.74, 6) is 0.874. The van der Waals surface area contributed by atoms with E-state index in [0.29, 0.717) is 0 Å². The Balaban J connectivity index is 0.00000338. The molecule has 1 heterocycles. The zero-order valence-corrected chi connectivity index (χ0v) is 19.9. The van der Waals surface area contributed by atoms with Crippen LogP contribution in [0.2, 0.25) is 0 Å². The van der Waals surface area contributed by atoms with Gasteiger partial charge in [0.2, 0.25) is 0 Å². The lowest BCUT2D eigenvalue weighted by Gasteiger charge is -2.27. The lowest BCUT2D eigenvalue weighted by Crippen LogP contribution is -2.42. The topological polar surface area (TPSA) is 48.7 Å². The molecule has 0 aliphatic carbocycles. The van der Waals surface area contributed by atoms with Gasteiger partial charge < -0.3 is 15.1 Å². The maximum absolute atomic E-state index is 4.41. The van der Waals surface area contributed by atoms with Crippen molar-refractivity contribution in [2.75, 3.05) is 34.7 Å². The molecule has 0 radical (unpaired) electrons. The summed E-state index contributed by atoms with van der Waals surface area (Å²) in [6.45, 7) is 1.56. The van der Waals surface area contributed by atoms with E-state index in [2.05, 4.69) is 85.7 Å². The third kappa shape index (κ3) is 6.55. The molecule has 26 heavy (non-hydrogen) atoms. The van der Waals surface area contributed by atoms with Crippen LogP contribution in [-0.2, 0) is 13.6 Å². The van der Waals surface area contributed by atoms with E-state index in [4.69, 9.17) is 0 Å². The molecule has 1 atom stereocenters. The lowest BCUT2D eigenvalue weighted by atomic mass is 10.1. The highest BCUT2D eigenvalue weighted by molar-refractivity contribution is 14.0. The van der Waals surface area contributed by atoms with Crippen LogP contribution < -0.4 is 5.32 Å². The number of aromatic nitrogens is 2. The Bertz CT molecular complexity index is 698. The first-order chi connectivity index (χ1) is 11.9. The number of hydrogen-bond donors (Lipinski definition) is 1. The fourth-order valence-electron chi connectivity index (χ4n) is 2.72. The van der Waals surface area contributed by atoms with E-state index in [0.717, 1.165) is 23.5 Å². The number of aryl methyl sites for hydroxylation is 1. The molecule has 0 aliphatic rings. The molecule has 1 unspecified atom stereocenters. The van der Waals surface area contributed by atoms with Crippen molar-refractivity contribution in [3.05, 3.63) is 52.3 Å². The van der Waals surface area contributed by atoms with Crippen LogP contribution in [0.1, 0.15) is 17.2 Å². The first-order valence-corrected chi connectivity index (χ1v) is 9.01. The summed E-state index contributed by atoms with van der Waals surface area (Å²) in [5.41, 5.74) is 2.43. The molecule has 0 spiro atoms. The van der Waals surface area contributed by atoms with Gasteiger partial charge in [-0.3, -0.25) is 9.67 Å². The number of nitrogens with one attached hydrogen (secondary N) is 1. The fourth-order valence-corrected chi connectivity index (χ4v) is 2.99. The molecule has 0 saturated carbocycles. The summed E-state index contributed by atoms with van der Waals surface area (Å²) in [6.07, 6.45) is 3.97. The Morgan fingerprint density at radius 2 is 1.92 bits per heavy atom. The van der Waals surface area contributed by atoms with Crippen LogP contribution in [0, 0.1) is 0 Å². The second kappa shape index (κ2) is 10.9. The first kappa shape index (κ1) is 22.9. The SMILES string of the molecule is CN=C(NCC(c1cnn(C)c1)N(C)C)N(C)Cc1ccc(Br)cc1.I. The number of likely N-dealkylation sites (N-methyl/N-ethyl adjacent to an activating group) is 1. The van der Waals surface area contributed by atoms with Crippen LogP contribution in [0.15, 0.2) is 46.1 Å². The largest absolute Gasteiger partial charge is 0.354 e. The number of aliphatic imine (C=N–C) groups is 1. The van der Waals surface area contributed by atoms with Crippen LogP contribution >= 0.6 is 39.9 Å². The summed E-state index contributed by atoms with van der Waals surface area (Å²) in [4.78, 5) is 8.73. The van der Waals surface area contributed by atoms with Crippen LogP contribution in [0.3, 0.4) is 0 Å². The molecule has 0 aliphatic heterocycles. The smallest absolute Gasteiger partial charge is 0.193 e. The zero-order valence-electron chi connectivity index (χ0n) is 16.0. The molecule has 0 amide bonds. The van der Waals surface area contributed by atoms with Crippen molar-refractivity contribution in [1.29, 1.82) is 0 Å². The maximum atomic E-state index is 4.41. The van der Waals surface area contributed by atoms with Gasteiger partial charge in [0.25, 0.3) is 0 Å². The molecule has 0 fully saturated rings. The fraction of sp³-hybridized carbons (Fsp3) is 0.444. The average Bonchev–Trinajstić information content (AvgIpc) is 2.99. The average molecular weight is 535 g/mol. The second-order valence-corrected chi connectivity index (χ2v) is 7.25. The Morgan fingerprint density at radius 3 is 2.42 bits per heavy atom. The third-order valence-corrected chi connectivity index (χ3v) is 4.62. The van der Waals surface area contributed by atoms with E-state index in [-0.39, 0.29) is 30.0 Å². The van der Waals surface area contributed by atoms with Crippen LogP contribution in [0.5, 0.6) is 0 Å². The second-order valence-electron chi connectivity index (χ2n) is 6.34. The summed E-state index contributed by atoms with van der Waals surface area (Å²) in [6, 6.07) is 8.58. The van der Waals surface area contributed by atoms with E-state index in [1.807, 2.05) is 32.0 Å². The predicted octanol–water partition coefficient (Wildman–Crippen LogP) is 3.11. The van der Waals surface area contributed by atoms with Gasteiger partial charge in [-0.15, -0.1) is 24.0 Å². The molecule has 2 rings (SSSR count). The number of guanidine groups is 1. The van der Waals surface area contributed by atoms with Crippen molar-refractivity contribution in [3.8, 4) is 0 Å². The van der Waals surface area contributed by atoms with Crippen molar-refractivity contribution in [1.82, 2.24) is 24.9 Å². The summed E-state index contributed by atoms with van der Waals surface area (Å²) < 4.78 is 2.92. The molecule has 0 bridgehead atoms. The molecule has 2 aromatic rings. The van der Waals surface area contributed by atoms with Gasteiger partial charge in [0.15, 0.2) is 5.96 Å². The minimum Gasteiger partial charge on any atom is -0.354 e. The van der Waals surface area contributed by atoms with Crippen molar-refractivity contribution in [2.24, 2.45) is 12.0 Å². The van der Waals surface area contributed by atoms with E-state index >= 15 is 0 Å². The maximum Gasteiger partial charge on any atom is 0.193 e. The number of hydrogen-bond acceptors (Lipinski definition) is 3. The van der Waals surface area contributed by atoms with Gasteiger partial charge in [-0.1, -0.05) is 28.1 Å². The van der Waals surface area contributed by atoms with E-state index in [1.54, 1.807) is 0 Å². The van der Waals surface area contributed by atoms with Crippen molar-refractivity contribution >= 4 is 45.9 Å². The summed E-state index contributed by atoms with van der Waals surface area (Å²) >= 11 is 3.47. The van der Waals surface area contributed by atoms with Crippen LogP contribution in [0.4, 0.5) is 0 Å². The van der Waals surface area contributed by atoms with Gasteiger partial charge in [0.1, 0.15) is 0 Å². The van der Waals surface area contributed by atoms with Crippen molar-refractivity contribution in [2.45, 2.75) is 12.6 Å². The molecular formula is C18H28BrIN6. The Labute approximate surface area is 181 Å².